The van der Waals surface area contributed by atoms with Gasteiger partial charge in [0.05, 0.1) is 12.2 Å². The van der Waals surface area contributed by atoms with E-state index in [1.807, 2.05) is 24.3 Å². The lowest BCUT2D eigenvalue weighted by molar-refractivity contribution is 0.129. The Morgan fingerprint density at radius 3 is 2.67 bits per heavy atom. The van der Waals surface area contributed by atoms with E-state index in [1.54, 1.807) is 0 Å². The van der Waals surface area contributed by atoms with Crippen molar-refractivity contribution < 1.29 is 9.84 Å². The average molecular weight is 308 g/mol. The van der Waals surface area contributed by atoms with Crippen molar-refractivity contribution in [2.24, 2.45) is 5.73 Å². The van der Waals surface area contributed by atoms with Crippen LogP contribution < -0.4 is 10.5 Å². The molecular formula is C16H24N2O2S. The van der Waals surface area contributed by atoms with Gasteiger partial charge in [-0.2, -0.15) is 0 Å². The Labute approximate surface area is 131 Å². The Morgan fingerprint density at radius 2 is 2.00 bits per heavy atom. The molecule has 0 spiro atoms. The first-order chi connectivity index (χ1) is 10.2. The summed E-state index contributed by atoms with van der Waals surface area (Å²) < 4.78 is 5.84. The third-order valence-corrected chi connectivity index (χ3v) is 4.24. The molecular weight excluding hydrogens is 284 g/mol. The summed E-state index contributed by atoms with van der Waals surface area (Å²) in [5.74, 6) is 0.736. The normalized spacial score (nSPS) is 15.5. The zero-order chi connectivity index (χ0) is 15.1. The number of benzene rings is 1. The van der Waals surface area contributed by atoms with E-state index in [-0.39, 0.29) is 6.61 Å². The van der Waals surface area contributed by atoms with Gasteiger partial charge in [0.25, 0.3) is 0 Å². The zero-order valence-corrected chi connectivity index (χ0v) is 13.1. The first-order valence-electron chi connectivity index (χ1n) is 7.59. The lowest BCUT2D eigenvalue weighted by Gasteiger charge is -2.28. The predicted octanol–water partition coefficient (Wildman–Crippen LogP) is 1.94. The molecule has 0 aromatic heterocycles. The molecule has 1 saturated carbocycles. The number of hydrogen-bond acceptors (Lipinski definition) is 4. The number of para-hydroxylation sites is 1. The number of thiocarbonyl (C=S) groups is 1. The van der Waals surface area contributed by atoms with E-state index in [0.717, 1.165) is 17.9 Å². The maximum Gasteiger partial charge on any atom is 0.129 e. The molecule has 116 valence electrons. The highest BCUT2D eigenvalue weighted by Crippen LogP contribution is 2.23. The highest BCUT2D eigenvalue weighted by atomic mass is 32.1. The summed E-state index contributed by atoms with van der Waals surface area (Å²) in [6, 6.07) is 8.17. The van der Waals surface area contributed by atoms with Crippen molar-refractivity contribution in [2.45, 2.75) is 31.7 Å². The minimum absolute atomic E-state index is 0.194. The minimum Gasteiger partial charge on any atom is -0.492 e. The SMILES string of the molecule is NC(=S)c1ccccc1OCCN(CCO)C1CCCC1. The second-order valence-corrected chi connectivity index (χ2v) is 5.85. The fraction of sp³-hybridized carbons (Fsp3) is 0.562. The van der Waals surface area contributed by atoms with Gasteiger partial charge in [-0.3, -0.25) is 4.90 Å². The molecule has 1 aromatic carbocycles. The number of nitrogens with two attached hydrogens (primary N) is 1. The van der Waals surface area contributed by atoms with Crippen molar-refractivity contribution in [3.8, 4) is 5.75 Å². The topological polar surface area (TPSA) is 58.7 Å². The van der Waals surface area contributed by atoms with E-state index in [9.17, 15) is 5.11 Å². The van der Waals surface area contributed by atoms with Crippen molar-refractivity contribution in [3.05, 3.63) is 29.8 Å². The van der Waals surface area contributed by atoms with Crippen LogP contribution in [-0.2, 0) is 0 Å². The summed E-state index contributed by atoms with van der Waals surface area (Å²) in [6.07, 6.45) is 5.03. The van der Waals surface area contributed by atoms with Gasteiger partial charge in [-0.05, 0) is 25.0 Å². The van der Waals surface area contributed by atoms with E-state index in [0.29, 0.717) is 24.2 Å². The van der Waals surface area contributed by atoms with Gasteiger partial charge in [0.15, 0.2) is 0 Å². The van der Waals surface area contributed by atoms with E-state index in [4.69, 9.17) is 22.7 Å². The van der Waals surface area contributed by atoms with Gasteiger partial charge in [0, 0.05) is 19.1 Å². The molecule has 0 saturated heterocycles. The molecule has 1 aliphatic carbocycles. The van der Waals surface area contributed by atoms with Gasteiger partial charge in [0.2, 0.25) is 0 Å². The summed E-state index contributed by atoms with van der Waals surface area (Å²) in [5.41, 5.74) is 6.48. The van der Waals surface area contributed by atoms with Crippen LogP contribution in [0, 0.1) is 0 Å². The highest BCUT2D eigenvalue weighted by Gasteiger charge is 2.21. The Balaban J connectivity index is 1.88. The lowest BCUT2D eigenvalue weighted by atomic mass is 10.2. The molecule has 0 heterocycles. The Kier molecular flexibility index (Phi) is 6.42. The van der Waals surface area contributed by atoms with Crippen LogP contribution in [0.2, 0.25) is 0 Å². The minimum atomic E-state index is 0.194. The van der Waals surface area contributed by atoms with Crippen LogP contribution >= 0.6 is 12.2 Å². The third-order valence-electron chi connectivity index (χ3n) is 4.02. The van der Waals surface area contributed by atoms with Crippen molar-refractivity contribution in [1.29, 1.82) is 0 Å². The zero-order valence-electron chi connectivity index (χ0n) is 12.3. The van der Waals surface area contributed by atoms with Gasteiger partial charge in [-0.1, -0.05) is 37.2 Å². The molecule has 1 aromatic rings. The number of hydrogen-bond donors (Lipinski definition) is 2. The molecule has 21 heavy (non-hydrogen) atoms. The summed E-state index contributed by atoms with van der Waals surface area (Å²) in [6.45, 7) is 2.30. The first kappa shape index (κ1) is 16.2. The molecule has 3 N–H and O–H groups in total. The summed E-state index contributed by atoms with van der Waals surface area (Å²) in [5, 5.41) is 9.21. The number of aliphatic hydroxyl groups excluding tert-OH is 1. The van der Waals surface area contributed by atoms with E-state index in [1.165, 1.54) is 25.7 Å². The van der Waals surface area contributed by atoms with Crippen molar-refractivity contribution in [2.75, 3.05) is 26.3 Å². The molecule has 0 radical (unpaired) electrons. The van der Waals surface area contributed by atoms with Gasteiger partial charge in [0.1, 0.15) is 17.3 Å². The lowest BCUT2D eigenvalue weighted by Crippen LogP contribution is -2.38. The van der Waals surface area contributed by atoms with E-state index < -0.39 is 0 Å². The molecule has 4 nitrogen and oxygen atoms in total. The van der Waals surface area contributed by atoms with Crippen molar-refractivity contribution in [3.63, 3.8) is 0 Å². The molecule has 0 bridgehead atoms. The van der Waals surface area contributed by atoms with E-state index >= 15 is 0 Å². The van der Waals surface area contributed by atoms with Crippen molar-refractivity contribution in [1.82, 2.24) is 4.90 Å². The number of aliphatic hydroxyl groups is 1. The second-order valence-electron chi connectivity index (χ2n) is 5.41. The van der Waals surface area contributed by atoms with Crippen LogP contribution in [-0.4, -0.2) is 47.3 Å². The van der Waals surface area contributed by atoms with Gasteiger partial charge >= 0.3 is 0 Å². The monoisotopic (exact) mass is 308 g/mol. The molecule has 2 rings (SSSR count). The van der Waals surface area contributed by atoms with E-state index in [2.05, 4.69) is 4.90 Å². The Morgan fingerprint density at radius 1 is 1.29 bits per heavy atom. The number of rotatable bonds is 8. The van der Waals surface area contributed by atoms with Crippen LogP contribution in [0.1, 0.15) is 31.2 Å². The molecule has 1 aliphatic rings. The average Bonchev–Trinajstić information content (AvgIpc) is 3.01. The molecule has 0 atom stereocenters. The summed E-state index contributed by atoms with van der Waals surface area (Å²) >= 11 is 5.03. The Hall–Kier alpha value is -1.17. The van der Waals surface area contributed by atoms with Crippen LogP contribution in [0.15, 0.2) is 24.3 Å². The molecule has 1 fully saturated rings. The standard InChI is InChI=1S/C16H24N2O2S/c17-16(21)14-7-3-4-8-15(14)20-12-10-18(9-11-19)13-5-1-2-6-13/h3-4,7-8,13,19H,1-2,5-6,9-12H2,(H2,17,21). The quantitative estimate of drug-likeness (QED) is 0.719. The summed E-state index contributed by atoms with van der Waals surface area (Å²) in [4.78, 5) is 2.68. The number of nitrogens with zero attached hydrogens (tertiary/aromatic N) is 1. The smallest absolute Gasteiger partial charge is 0.129 e. The molecule has 0 unspecified atom stereocenters. The molecule has 5 heteroatoms. The maximum absolute atomic E-state index is 9.21. The first-order valence-corrected chi connectivity index (χ1v) is 7.99. The molecule has 0 amide bonds. The van der Waals surface area contributed by atoms with Crippen LogP contribution in [0.4, 0.5) is 0 Å². The maximum atomic E-state index is 9.21. The number of ether oxygens (including phenoxy) is 1. The summed E-state index contributed by atoms with van der Waals surface area (Å²) in [7, 11) is 0. The van der Waals surface area contributed by atoms with Crippen molar-refractivity contribution >= 4 is 17.2 Å². The Bertz CT molecular complexity index is 461. The third kappa shape index (κ3) is 4.66. The van der Waals surface area contributed by atoms with Crippen LogP contribution in [0.25, 0.3) is 0 Å². The van der Waals surface area contributed by atoms with Crippen LogP contribution in [0.3, 0.4) is 0 Å². The predicted molar refractivity (Wildman–Crippen MR) is 88.7 cm³/mol. The van der Waals surface area contributed by atoms with Gasteiger partial charge in [-0.15, -0.1) is 0 Å². The largest absolute Gasteiger partial charge is 0.492 e. The molecule has 0 aliphatic heterocycles. The fourth-order valence-corrected chi connectivity index (χ4v) is 3.11. The van der Waals surface area contributed by atoms with Gasteiger partial charge < -0.3 is 15.6 Å². The fourth-order valence-electron chi connectivity index (χ4n) is 2.94. The van der Waals surface area contributed by atoms with Crippen LogP contribution in [0.5, 0.6) is 5.75 Å². The second kappa shape index (κ2) is 8.32. The van der Waals surface area contributed by atoms with Gasteiger partial charge in [-0.25, -0.2) is 0 Å². The highest BCUT2D eigenvalue weighted by molar-refractivity contribution is 7.80.